The van der Waals surface area contributed by atoms with E-state index >= 15 is 0 Å². The Bertz CT molecular complexity index is 82.7. The summed E-state index contributed by atoms with van der Waals surface area (Å²) in [5.41, 5.74) is 0. The van der Waals surface area contributed by atoms with E-state index in [4.69, 9.17) is 15.3 Å². The van der Waals surface area contributed by atoms with E-state index in [2.05, 4.69) is 20.7 Å². The van der Waals surface area contributed by atoms with Crippen LogP contribution in [0.25, 0.3) is 0 Å². The molecule has 5 heteroatoms. The van der Waals surface area contributed by atoms with Crippen molar-refractivity contribution in [2.75, 3.05) is 25.2 Å². The van der Waals surface area contributed by atoms with Crippen LogP contribution in [0.3, 0.4) is 0 Å². The molecule has 68 valence electrons. The van der Waals surface area contributed by atoms with Crippen molar-refractivity contribution >= 4 is 15.9 Å². The Balaban J connectivity index is 0.000000183. The average molecular weight is 229 g/mol. The largest absolute Gasteiger partial charge is 0.394 e. The van der Waals surface area contributed by atoms with E-state index in [0.717, 1.165) is 6.61 Å². The lowest BCUT2D eigenvalue weighted by Crippen LogP contribution is -2.12. The third-order valence-corrected chi connectivity index (χ3v) is 1.74. The normalized spacial score (nSPS) is 23.5. The van der Waals surface area contributed by atoms with E-state index in [9.17, 15) is 0 Å². The van der Waals surface area contributed by atoms with Gasteiger partial charge in [-0.25, -0.2) is 0 Å². The number of aliphatic hydroxyl groups excluding tert-OH is 3. The van der Waals surface area contributed by atoms with Crippen molar-refractivity contribution < 1.29 is 20.1 Å². The van der Waals surface area contributed by atoms with Gasteiger partial charge in [-0.2, -0.15) is 0 Å². The smallest absolute Gasteiger partial charge is 0.104 e. The highest BCUT2D eigenvalue weighted by Crippen LogP contribution is 2.04. The number of hydrogen-bond acceptors (Lipinski definition) is 4. The van der Waals surface area contributed by atoms with Gasteiger partial charge < -0.3 is 20.1 Å². The number of ether oxygens (including phenoxy) is 1. The fourth-order valence-electron chi connectivity index (χ4n) is 0.222. The molecule has 0 bridgehead atoms. The number of rotatable bonds is 3. The maximum absolute atomic E-state index is 8.37. The fraction of sp³-hybridized carbons (Fsp3) is 1.00. The van der Waals surface area contributed by atoms with Crippen LogP contribution in [0.2, 0.25) is 0 Å². The Kier molecular flexibility index (Phi) is 7.20. The second-order valence-electron chi connectivity index (χ2n) is 2.13. The van der Waals surface area contributed by atoms with Gasteiger partial charge in [-0.05, 0) is 0 Å². The summed E-state index contributed by atoms with van der Waals surface area (Å²) in [4.78, 5) is 0. The SMILES string of the molecule is OC[C@@H](O)CBr.OC[C@@H]1CO1. The first-order valence-corrected chi connectivity index (χ1v) is 4.44. The predicted octanol–water partition coefficient (Wildman–Crippen LogP) is -0.888. The molecular formula is C6H13BrO4. The second-order valence-corrected chi connectivity index (χ2v) is 2.78. The molecule has 0 aromatic carbocycles. The molecule has 0 aromatic rings. The van der Waals surface area contributed by atoms with Gasteiger partial charge in [0, 0.05) is 5.33 Å². The molecule has 1 fully saturated rings. The Labute approximate surface area is 73.9 Å². The van der Waals surface area contributed by atoms with Gasteiger partial charge in [0.05, 0.1) is 25.9 Å². The lowest BCUT2D eigenvalue weighted by atomic mass is 10.5. The number of epoxide rings is 1. The van der Waals surface area contributed by atoms with Crippen molar-refractivity contribution in [3.8, 4) is 0 Å². The van der Waals surface area contributed by atoms with E-state index in [-0.39, 0.29) is 19.3 Å². The summed E-state index contributed by atoms with van der Waals surface area (Å²) >= 11 is 2.96. The maximum Gasteiger partial charge on any atom is 0.104 e. The Morgan fingerprint density at radius 2 is 2.09 bits per heavy atom. The molecule has 0 radical (unpaired) electrons. The first kappa shape index (κ1) is 11.3. The third kappa shape index (κ3) is 8.22. The first-order chi connectivity index (χ1) is 5.24. The van der Waals surface area contributed by atoms with Gasteiger partial charge in [0.1, 0.15) is 6.10 Å². The molecule has 0 saturated carbocycles. The van der Waals surface area contributed by atoms with Gasteiger partial charge in [0.25, 0.3) is 0 Å². The molecule has 1 saturated heterocycles. The molecule has 0 unspecified atom stereocenters. The average Bonchev–Trinajstić information content (AvgIpc) is 2.86. The number of halogens is 1. The van der Waals surface area contributed by atoms with E-state index < -0.39 is 6.10 Å². The summed E-state index contributed by atoms with van der Waals surface area (Å²) in [6.07, 6.45) is -0.403. The fourth-order valence-corrected chi connectivity index (χ4v) is 0.427. The van der Waals surface area contributed by atoms with E-state index in [1.165, 1.54) is 0 Å². The van der Waals surface area contributed by atoms with Gasteiger partial charge in [-0.1, -0.05) is 15.9 Å². The summed E-state index contributed by atoms with van der Waals surface area (Å²) in [5.74, 6) is 0. The molecule has 0 amide bonds. The summed E-state index contributed by atoms with van der Waals surface area (Å²) in [5, 5.41) is 25.0. The van der Waals surface area contributed by atoms with Crippen LogP contribution in [0.1, 0.15) is 0 Å². The number of aliphatic hydroxyl groups is 3. The summed E-state index contributed by atoms with van der Waals surface area (Å²) in [6, 6.07) is 0. The molecular weight excluding hydrogens is 216 g/mol. The molecule has 1 aliphatic rings. The second kappa shape index (κ2) is 7.00. The Morgan fingerprint density at radius 3 is 2.09 bits per heavy atom. The van der Waals surface area contributed by atoms with Crippen molar-refractivity contribution in [2.24, 2.45) is 0 Å². The minimum Gasteiger partial charge on any atom is -0.394 e. The quantitative estimate of drug-likeness (QED) is 0.433. The molecule has 1 heterocycles. The van der Waals surface area contributed by atoms with Crippen LogP contribution < -0.4 is 0 Å². The van der Waals surface area contributed by atoms with E-state index in [1.807, 2.05) is 0 Å². The molecule has 0 aromatic heterocycles. The van der Waals surface area contributed by atoms with Crippen LogP contribution in [-0.4, -0.2) is 52.7 Å². The number of alkyl halides is 1. The van der Waals surface area contributed by atoms with Gasteiger partial charge in [-0.15, -0.1) is 0 Å². The zero-order valence-electron chi connectivity index (χ0n) is 6.11. The van der Waals surface area contributed by atoms with E-state index in [1.54, 1.807) is 0 Å². The van der Waals surface area contributed by atoms with Crippen molar-refractivity contribution in [1.82, 2.24) is 0 Å². The summed E-state index contributed by atoms with van der Waals surface area (Å²) in [6.45, 7) is 0.793. The van der Waals surface area contributed by atoms with Crippen LogP contribution >= 0.6 is 15.9 Å². The minimum atomic E-state index is -0.593. The van der Waals surface area contributed by atoms with Crippen LogP contribution in [0.15, 0.2) is 0 Å². The Hall–Kier alpha value is 0.320. The van der Waals surface area contributed by atoms with Crippen molar-refractivity contribution in [3.05, 3.63) is 0 Å². The van der Waals surface area contributed by atoms with Crippen LogP contribution in [0.4, 0.5) is 0 Å². The van der Waals surface area contributed by atoms with Crippen molar-refractivity contribution in [3.63, 3.8) is 0 Å². The van der Waals surface area contributed by atoms with Gasteiger partial charge in [0.15, 0.2) is 0 Å². The lowest BCUT2D eigenvalue weighted by molar-refractivity contribution is 0.114. The number of hydrogen-bond donors (Lipinski definition) is 3. The highest BCUT2D eigenvalue weighted by atomic mass is 79.9. The first-order valence-electron chi connectivity index (χ1n) is 3.32. The molecule has 0 spiro atoms. The maximum atomic E-state index is 8.37. The molecule has 0 aliphatic carbocycles. The lowest BCUT2D eigenvalue weighted by Gasteiger charge is -1.96. The molecule has 11 heavy (non-hydrogen) atoms. The van der Waals surface area contributed by atoms with Crippen LogP contribution in [0, 0.1) is 0 Å². The highest BCUT2D eigenvalue weighted by molar-refractivity contribution is 9.09. The zero-order chi connectivity index (χ0) is 8.69. The zero-order valence-corrected chi connectivity index (χ0v) is 7.70. The predicted molar refractivity (Wildman–Crippen MR) is 43.7 cm³/mol. The molecule has 1 aliphatic heterocycles. The molecule has 1 rings (SSSR count). The van der Waals surface area contributed by atoms with Crippen LogP contribution in [-0.2, 0) is 4.74 Å². The third-order valence-electron chi connectivity index (χ3n) is 0.995. The van der Waals surface area contributed by atoms with Gasteiger partial charge in [0.2, 0.25) is 0 Å². The topological polar surface area (TPSA) is 73.2 Å². The molecule has 2 atom stereocenters. The highest BCUT2D eigenvalue weighted by Gasteiger charge is 2.19. The standard InChI is InChI=1S/C3H7BrO2.C3H6O2/c4-1-3(6)2-5;4-1-3-2-5-3/h3,5-6H,1-2H2;3-4H,1-2H2/t2*3-/m01/s1. The summed E-state index contributed by atoms with van der Waals surface area (Å²) < 4.78 is 4.61. The van der Waals surface area contributed by atoms with Crippen molar-refractivity contribution in [1.29, 1.82) is 0 Å². The Morgan fingerprint density at radius 1 is 1.55 bits per heavy atom. The molecule has 3 N–H and O–H groups in total. The minimum absolute atomic E-state index is 0.161. The van der Waals surface area contributed by atoms with Gasteiger partial charge >= 0.3 is 0 Å². The summed E-state index contributed by atoms with van der Waals surface area (Å²) in [7, 11) is 0. The van der Waals surface area contributed by atoms with Crippen LogP contribution in [0.5, 0.6) is 0 Å². The van der Waals surface area contributed by atoms with Gasteiger partial charge in [-0.3, -0.25) is 0 Å². The monoisotopic (exact) mass is 228 g/mol. The molecule has 4 nitrogen and oxygen atoms in total. The van der Waals surface area contributed by atoms with Crippen molar-refractivity contribution in [2.45, 2.75) is 12.2 Å². The van der Waals surface area contributed by atoms with E-state index in [0.29, 0.717) is 5.33 Å².